The number of sulfone groups is 1. The van der Waals surface area contributed by atoms with Crippen LogP contribution in [0.15, 0.2) is 64.4 Å². The van der Waals surface area contributed by atoms with Gasteiger partial charge in [0.05, 0.1) is 4.90 Å². The molecule has 0 aliphatic carbocycles. The van der Waals surface area contributed by atoms with Gasteiger partial charge in [0, 0.05) is 0 Å². The Morgan fingerprint density at radius 1 is 1.00 bits per heavy atom. The predicted octanol–water partition coefficient (Wildman–Crippen LogP) is 3.31. The molecule has 2 rings (SSSR count). The van der Waals surface area contributed by atoms with Crippen molar-refractivity contribution in [2.24, 2.45) is 0 Å². The van der Waals surface area contributed by atoms with Gasteiger partial charge in [0.2, 0.25) is 9.84 Å². The van der Waals surface area contributed by atoms with E-state index in [0.717, 1.165) is 0 Å². The van der Waals surface area contributed by atoms with Crippen LogP contribution >= 0.6 is 0 Å². The van der Waals surface area contributed by atoms with E-state index in [1.807, 2.05) is 0 Å². The second-order valence-corrected chi connectivity index (χ2v) is 6.94. The van der Waals surface area contributed by atoms with Gasteiger partial charge >= 0.3 is 0 Å². The molecule has 0 atom stereocenters. The van der Waals surface area contributed by atoms with Crippen molar-refractivity contribution in [3.8, 4) is 18.1 Å². The second kappa shape index (κ2) is 5.63. The number of terminal acetylenes is 1. The highest BCUT2D eigenvalue weighted by atomic mass is 32.2. The SMILES string of the molecule is C#CC(C)(C)Oc1ccccc1S(=O)(=O)c1ccccc1. The van der Waals surface area contributed by atoms with Gasteiger partial charge in [-0.2, -0.15) is 0 Å². The third kappa shape index (κ3) is 3.26. The lowest BCUT2D eigenvalue weighted by atomic mass is 10.1. The Morgan fingerprint density at radius 3 is 2.19 bits per heavy atom. The standard InChI is InChI=1S/C17H16O3S/c1-4-17(2,3)20-15-12-8-9-13-16(15)21(18,19)14-10-6-5-7-11-14/h1,5-13H,2-3H3. The molecule has 0 bridgehead atoms. The van der Waals surface area contributed by atoms with Crippen molar-refractivity contribution in [3.05, 3.63) is 54.6 Å². The molecule has 0 aliphatic heterocycles. The van der Waals surface area contributed by atoms with Crippen molar-refractivity contribution in [3.63, 3.8) is 0 Å². The van der Waals surface area contributed by atoms with Crippen LogP contribution < -0.4 is 4.74 Å². The lowest BCUT2D eigenvalue weighted by Crippen LogP contribution is -2.26. The zero-order chi connectivity index (χ0) is 15.5. The molecule has 0 spiro atoms. The molecule has 0 saturated heterocycles. The minimum Gasteiger partial charge on any atom is -0.474 e. The monoisotopic (exact) mass is 300 g/mol. The summed E-state index contributed by atoms with van der Waals surface area (Å²) in [5.41, 5.74) is -0.887. The third-order valence-corrected chi connectivity index (χ3v) is 4.71. The highest BCUT2D eigenvalue weighted by Crippen LogP contribution is 2.31. The molecule has 2 aromatic carbocycles. The molecular weight excluding hydrogens is 284 g/mol. The number of para-hydroxylation sites is 1. The first kappa shape index (κ1) is 15.1. The number of rotatable bonds is 4. The van der Waals surface area contributed by atoms with E-state index >= 15 is 0 Å². The quantitative estimate of drug-likeness (QED) is 0.814. The summed E-state index contributed by atoms with van der Waals surface area (Å²) in [5, 5.41) is 0. The minimum atomic E-state index is -3.64. The average Bonchev–Trinajstić information content (AvgIpc) is 2.48. The minimum absolute atomic E-state index is 0.111. The molecular formula is C17H16O3S. The zero-order valence-corrected chi connectivity index (χ0v) is 12.7. The summed E-state index contributed by atoms with van der Waals surface area (Å²) in [4.78, 5) is 0.332. The van der Waals surface area contributed by atoms with Crippen molar-refractivity contribution in [1.82, 2.24) is 0 Å². The Morgan fingerprint density at radius 2 is 1.57 bits per heavy atom. The summed E-state index contributed by atoms with van der Waals surface area (Å²) in [6.45, 7) is 3.41. The van der Waals surface area contributed by atoms with Crippen LogP contribution in [0.2, 0.25) is 0 Å². The second-order valence-electron chi connectivity index (χ2n) is 5.02. The first-order chi connectivity index (χ1) is 9.87. The van der Waals surface area contributed by atoms with E-state index in [4.69, 9.17) is 11.2 Å². The van der Waals surface area contributed by atoms with Crippen LogP contribution in [0, 0.1) is 12.3 Å². The van der Waals surface area contributed by atoms with Gasteiger partial charge in [0.25, 0.3) is 0 Å². The van der Waals surface area contributed by atoms with Crippen LogP contribution in [0.5, 0.6) is 5.75 Å². The highest BCUT2D eigenvalue weighted by Gasteiger charge is 2.25. The molecule has 0 amide bonds. The van der Waals surface area contributed by atoms with Crippen LogP contribution in [0.25, 0.3) is 0 Å². The number of benzene rings is 2. The summed E-state index contributed by atoms with van der Waals surface area (Å²) in [5.74, 6) is 2.75. The lowest BCUT2D eigenvalue weighted by molar-refractivity contribution is 0.167. The molecule has 0 radical (unpaired) electrons. The van der Waals surface area contributed by atoms with E-state index in [1.165, 1.54) is 6.07 Å². The van der Waals surface area contributed by atoms with Gasteiger partial charge in [-0.25, -0.2) is 8.42 Å². The number of ether oxygens (including phenoxy) is 1. The smallest absolute Gasteiger partial charge is 0.210 e. The molecule has 21 heavy (non-hydrogen) atoms. The summed E-state index contributed by atoms with van der Waals surface area (Å²) < 4.78 is 31.1. The van der Waals surface area contributed by atoms with Gasteiger partial charge in [-0.05, 0) is 38.1 Å². The molecule has 0 fully saturated rings. The van der Waals surface area contributed by atoms with Crippen molar-refractivity contribution in [2.75, 3.05) is 0 Å². The van der Waals surface area contributed by atoms with E-state index < -0.39 is 15.4 Å². The molecule has 0 aromatic heterocycles. The van der Waals surface area contributed by atoms with Crippen LogP contribution in [-0.2, 0) is 9.84 Å². The average molecular weight is 300 g/mol. The fraction of sp³-hybridized carbons (Fsp3) is 0.176. The van der Waals surface area contributed by atoms with E-state index in [9.17, 15) is 8.42 Å². The molecule has 2 aromatic rings. The molecule has 3 nitrogen and oxygen atoms in total. The highest BCUT2D eigenvalue weighted by molar-refractivity contribution is 7.91. The van der Waals surface area contributed by atoms with Crippen molar-refractivity contribution in [1.29, 1.82) is 0 Å². The lowest BCUT2D eigenvalue weighted by Gasteiger charge is -2.22. The van der Waals surface area contributed by atoms with Gasteiger partial charge in [0.1, 0.15) is 10.6 Å². The molecule has 108 valence electrons. The van der Waals surface area contributed by atoms with Gasteiger partial charge < -0.3 is 4.74 Å². The fourth-order valence-electron chi connectivity index (χ4n) is 1.79. The summed E-state index contributed by atoms with van der Waals surface area (Å²) in [6.07, 6.45) is 5.40. The van der Waals surface area contributed by atoms with E-state index in [0.29, 0.717) is 0 Å². The Labute approximate surface area is 125 Å². The van der Waals surface area contributed by atoms with Crippen LogP contribution in [-0.4, -0.2) is 14.0 Å². The van der Waals surface area contributed by atoms with Crippen LogP contribution in [0.4, 0.5) is 0 Å². The van der Waals surface area contributed by atoms with Gasteiger partial charge in [0.15, 0.2) is 5.60 Å². The summed E-state index contributed by atoms with van der Waals surface area (Å²) in [7, 11) is -3.64. The first-order valence-corrected chi connectivity index (χ1v) is 7.91. The topological polar surface area (TPSA) is 43.4 Å². The Bertz CT molecular complexity index is 769. The Balaban J connectivity index is 2.54. The van der Waals surface area contributed by atoms with Crippen LogP contribution in [0.3, 0.4) is 0 Å². The number of hydrogen-bond acceptors (Lipinski definition) is 3. The van der Waals surface area contributed by atoms with Crippen LogP contribution in [0.1, 0.15) is 13.8 Å². The predicted molar refractivity (Wildman–Crippen MR) is 81.9 cm³/mol. The Kier molecular flexibility index (Phi) is 4.06. The van der Waals surface area contributed by atoms with E-state index in [2.05, 4.69) is 5.92 Å². The summed E-state index contributed by atoms with van der Waals surface area (Å²) >= 11 is 0. The summed E-state index contributed by atoms with van der Waals surface area (Å²) in [6, 6.07) is 14.7. The maximum absolute atomic E-state index is 12.7. The maximum atomic E-state index is 12.7. The molecule has 0 saturated carbocycles. The Hall–Kier alpha value is -2.25. The normalized spacial score (nSPS) is 11.7. The fourth-order valence-corrected chi connectivity index (χ4v) is 3.19. The van der Waals surface area contributed by atoms with E-state index in [1.54, 1.807) is 62.4 Å². The van der Waals surface area contributed by atoms with Gasteiger partial charge in [-0.3, -0.25) is 0 Å². The first-order valence-electron chi connectivity index (χ1n) is 6.43. The largest absolute Gasteiger partial charge is 0.474 e. The van der Waals surface area contributed by atoms with Crippen molar-refractivity contribution < 1.29 is 13.2 Å². The van der Waals surface area contributed by atoms with E-state index in [-0.39, 0.29) is 15.5 Å². The van der Waals surface area contributed by atoms with Gasteiger partial charge in [-0.1, -0.05) is 36.3 Å². The molecule has 0 unspecified atom stereocenters. The maximum Gasteiger partial charge on any atom is 0.210 e. The molecule has 0 heterocycles. The molecule has 0 aliphatic rings. The zero-order valence-electron chi connectivity index (χ0n) is 11.9. The molecule has 0 N–H and O–H groups in total. The van der Waals surface area contributed by atoms with Crippen molar-refractivity contribution >= 4 is 9.84 Å². The number of hydrogen-bond donors (Lipinski definition) is 0. The van der Waals surface area contributed by atoms with Gasteiger partial charge in [-0.15, -0.1) is 6.42 Å². The third-order valence-electron chi connectivity index (χ3n) is 2.90. The van der Waals surface area contributed by atoms with Crippen molar-refractivity contribution in [2.45, 2.75) is 29.2 Å². The molecule has 4 heteroatoms.